The van der Waals surface area contributed by atoms with Crippen molar-refractivity contribution in [3.05, 3.63) is 0 Å². The first-order valence-corrected chi connectivity index (χ1v) is 7.90. The van der Waals surface area contributed by atoms with Crippen LogP contribution in [-0.4, -0.2) is 25.8 Å². The molecule has 0 aromatic heterocycles. The Kier molecular flexibility index (Phi) is 4.44. The molecule has 90 valence electrons. The highest BCUT2D eigenvalue weighted by Gasteiger charge is 2.35. The first-order chi connectivity index (χ1) is 6.93. The van der Waals surface area contributed by atoms with E-state index in [9.17, 15) is 8.42 Å². The van der Waals surface area contributed by atoms with E-state index >= 15 is 0 Å². The Labute approximate surface area is 97.3 Å². The van der Waals surface area contributed by atoms with Crippen molar-refractivity contribution in [2.45, 2.75) is 46.0 Å². The third-order valence-electron chi connectivity index (χ3n) is 3.62. The van der Waals surface area contributed by atoms with Crippen LogP contribution in [0.4, 0.5) is 0 Å². The van der Waals surface area contributed by atoms with Crippen LogP contribution in [0, 0.1) is 5.41 Å². The van der Waals surface area contributed by atoms with Gasteiger partial charge in [0.1, 0.15) is 0 Å². The van der Waals surface area contributed by atoms with Gasteiger partial charge in [-0.1, -0.05) is 26.7 Å². The Hall–Kier alpha value is 0.200. The smallest absolute Gasteiger partial charge is 0.195 e. The van der Waals surface area contributed by atoms with Gasteiger partial charge in [0.05, 0.1) is 0 Å². The lowest BCUT2D eigenvalue weighted by Crippen LogP contribution is -2.41. The summed E-state index contributed by atoms with van der Waals surface area (Å²) in [6, 6.07) is 0. The van der Waals surface area contributed by atoms with E-state index in [1.54, 1.807) is 0 Å². The highest BCUT2D eigenvalue weighted by atomic mass is 35.7. The van der Waals surface area contributed by atoms with E-state index in [1.807, 2.05) is 0 Å². The summed E-state index contributed by atoms with van der Waals surface area (Å²) in [7, 11) is 1.83. The average Bonchev–Trinajstić information content (AvgIpc) is 2.17. The summed E-state index contributed by atoms with van der Waals surface area (Å²) in [6.07, 6.45) is 5.39. The lowest BCUT2D eigenvalue weighted by molar-refractivity contribution is 0.135. The predicted octanol–water partition coefficient (Wildman–Crippen LogP) is 2.76. The summed E-state index contributed by atoms with van der Waals surface area (Å²) in [5.41, 5.74) is 0.354. The lowest BCUT2D eigenvalue weighted by Gasteiger charge is -2.40. The van der Waals surface area contributed by atoms with E-state index < -0.39 is 9.24 Å². The fourth-order valence-electron chi connectivity index (χ4n) is 2.49. The second-order valence-electron chi connectivity index (χ2n) is 4.44. The van der Waals surface area contributed by atoms with Gasteiger partial charge in [0.2, 0.25) is 0 Å². The summed E-state index contributed by atoms with van der Waals surface area (Å²) in [6.45, 7) is 5.54. The van der Waals surface area contributed by atoms with Crippen LogP contribution < -0.4 is 0 Å². The van der Waals surface area contributed by atoms with Gasteiger partial charge in [-0.2, -0.15) is 12.7 Å². The maximum Gasteiger partial charge on any atom is 0.299 e. The molecule has 0 radical (unpaired) electrons. The van der Waals surface area contributed by atoms with Crippen molar-refractivity contribution in [3.63, 3.8) is 0 Å². The van der Waals surface area contributed by atoms with Crippen LogP contribution in [-0.2, 0) is 9.24 Å². The molecule has 0 unspecified atom stereocenters. The molecular weight excluding hydrogens is 234 g/mol. The van der Waals surface area contributed by atoms with Crippen molar-refractivity contribution in [3.8, 4) is 0 Å². The van der Waals surface area contributed by atoms with Gasteiger partial charge in [0.25, 0.3) is 9.24 Å². The zero-order chi connectivity index (χ0) is 11.5. The number of hydrogen-bond donors (Lipinski definition) is 0. The quantitative estimate of drug-likeness (QED) is 0.723. The molecule has 1 saturated heterocycles. The van der Waals surface area contributed by atoms with Crippen molar-refractivity contribution in [1.82, 2.24) is 4.31 Å². The van der Waals surface area contributed by atoms with E-state index in [-0.39, 0.29) is 0 Å². The lowest BCUT2D eigenvalue weighted by atomic mass is 9.73. The molecule has 0 aliphatic carbocycles. The summed E-state index contributed by atoms with van der Waals surface area (Å²) >= 11 is 0. The first-order valence-electron chi connectivity index (χ1n) is 5.63. The Morgan fingerprint density at radius 1 is 1.27 bits per heavy atom. The molecule has 3 nitrogen and oxygen atoms in total. The molecule has 0 N–H and O–H groups in total. The third kappa shape index (κ3) is 3.33. The summed E-state index contributed by atoms with van der Waals surface area (Å²) < 4.78 is 23.7. The van der Waals surface area contributed by atoms with Gasteiger partial charge in [-0.25, -0.2) is 0 Å². The van der Waals surface area contributed by atoms with Gasteiger partial charge in [0.15, 0.2) is 0 Å². The normalized spacial score (nSPS) is 22.9. The fourth-order valence-corrected chi connectivity index (χ4v) is 3.52. The third-order valence-corrected chi connectivity index (χ3v) is 5.19. The van der Waals surface area contributed by atoms with Crippen molar-refractivity contribution in [2.75, 3.05) is 13.1 Å². The van der Waals surface area contributed by atoms with E-state index in [0.29, 0.717) is 18.5 Å². The number of halogens is 1. The maximum atomic E-state index is 11.1. The van der Waals surface area contributed by atoms with E-state index in [1.165, 1.54) is 17.1 Å². The minimum atomic E-state index is -3.49. The van der Waals surface area contributed by atoms with Crippen LogP contribution in [0.15, 0.2) is 0 Å². The molecule has 0 aromatic rings. The SMILES string of the molecule is CCCC1(CC)CCN(S(=O)(=O)Cl)CC1. The summed E-state index contributed by atoms with van der Waals surface area (Å²) in [4.78, 5) is 0. The van der Waals surface area contributed by atoms with Gasteiger partial charge >= 0.3 is 0 Å². The minimum Gasteiger partial charge on any atom is -0.195 e. The molecule has 0 bridgehead atoms. The van der Waals surface area contributed by atoms with Crippen LogP contribution in [0.3, 0.4) is 0 Å². The molecule has 0 spiro atoms. The summed E-state index contributed by atoms with van der Waals surface area (Å²) in [5, 5.41) is 0. The monoisotopic (exact) mass is 253 g/mol. The van der Waals surface area contributed by atoms with Gasteiger partial charge < -0.3 is 0 Å². The summed E-state index contributed by atoms with van der Waals surface area (Å²) in [5.74, 6) is 0. The average molecular weight is 254 g/mol. The minimum absolute atomic E-state index is 0.354. The van der Waals surface area contributed by atoms with Crippen molar-refractivity contribution in [1.29, 1.82) is 0 Å². The second kappa shape index (κ2) is 5.02. The van der Waals surface area contributed by atoms with Gasteiger partial charge in [0, 0.05) is 23.8 Å². The molecule has 0 atom stereocenters. The number of rotatable bonds is 4. The van der Waals surface area contributed by atoms with Gasteiger partial charge in [-0.3, -0.25) is 0 Å². The van der Waals surface area contributed by atoms with Gasteiger partial charge in [-0.05, 0) is 24.7 Å². The van der Waals surface area contributed by atoms with Crippen molar-refractivity contribution < 1.29 is 8.42 Å². The Morgan fingerprint density at radius 2 is 1.80 bits per heavy atom. The number of hydrogen-bond acceptors (Lipinski definition) is 2. The van der Waals surface area contributed by atoms with Crippen LogP contribution in [0.5, 0.6) is 0 Å². The molecule has 0 saturated carbocycles. The Morgan fingerprint density at radius 3 is 2.13 bits per heavy atom. The molecule has 0 amide bonds. The molecule has 1 rings (SSSR count). The van der Waals surface area contributed by atoms with E-state index in [4.69, 9.17) is 10.7 Å². The highest BCUT2D eigenvalue weighted by molar-refractivity contribution is 8.11. The predicted molar refractivity (Wildman–Crippen MR) is 63.2 cm³/mol. The topological polar surface area (TPSA) is 37.4 Å². The molecule has 1 fully saturated rings. The van der Waals surface area contributed by atoms with Crippen LogP contribution in [0.2, 0.25) is 0 Å². The molecule has 1 heterocycles. The molecule has 0 aromatic carbocycles. The van der Waals surface area contributed by atoms with Crippen LogP contribution in [0.25, 0.3) is 0 Å². The largest absolute Gasteiger partial charge is 0.299 e. The zero-order valence-electron chi connectivity index (χ0n) is 9.50. The maximum absolute atomic E-state index is 11.1. The van der Waals surface area contributed by atoms with E-state index in [2.05, 4.69) is 13.8 Å². The standard InChI is InChI=1S/C10H20ClNO2S/c1-3-5-10(4-2)6-8-12(9-7-10)15(11,13)14/h3-9H2,1-2H3. The first kappa shape index (κ1) is 13.3. The molecular formula is C10H20ClNO2S. The second-order valence-corrected chi connectivity index (χ2v) is 6.96. The Balaban J connectivity index is 2.61. The Bertz CT molecular complexity index is 295. The molecule has 5 heteroatoms. The van der Waals surface area contributed by atoms with Crippen molar-refractivity contribution in [2.24, 2.45) is 5.41 Å². The molecule has 1 aliphatic heterocycles. The highest BCUT2D eigenvalue weighted by Crippen LogP contribution is 2.39. The van der Waals surface area contributed by atoms with Gasteiger partial charge in [-0.15, -0.1) is 0 Å². The molecule has 1 aliphatic rings. The van der Waals surface area contributed by atoms with Crippen LogP contribution >= 0.6 is 10.7 Å². The zero-order valence-corrected chi connectivity index (χ0v) is 11.1. The number of nitrogens with zero attached hydrogens (tertiary/aromatic N) is 1. The number of piperidine rings is 1. The van der Waals surface area contributed by atoms with E-state index in [0.717, 1.165) is 19.3 Å². The molecule has 15 heavy (non-hydrogen) atoms. The van der Waals surface area contributed by atoms with Crippen molar-refractivity contribution >= 4 is 19.9 Å². The van der Waals surface area contributed by atoms with Crippen LogP contribution in [0.1, 0.15) is 46.0 Å². The fraction of sp³-hybridized carbons (Fsp3) is 1.00.